The van der Waals surface area contributed by atoms with E-state index < -0.39 is 11.7 Å². The summed E-state index contributed by atoms with van der Waals surface area (Å²) in [5.41, 5.74) is 0.0114. The monoisotopic (exact) mass is 339 g/mol. The van der Waals surface area contributed by atoms with Crippen LogP contribution in [0.5, 0.6) is 0 Å². The van der Waals surface area contributed by atoms with E-state index in [2.05, 4.69) is 14.9 Å². The Morgan fingerprint density at radius 3 is 2.57 bits per heavy atom. The largest absolute Gasteiger partial charge is 0.416 e. The van der Waals surface area contributed by atoms with E-state index in [9.17, 15) is 13.2 Å². The van der Waals surface area contributed by atoms with E-state index >= 15 is 0 Å². The average molecular weight is 339 g/mol. The molecule has 3 rings (SSSR count). The van der Waals surface area contributed by atoms with Gasteiger partial charge in [-0.1, -0.05) is 30.0 Å². The number of aromatic nitrogens is 2. The van der Waals surface area contributed by atoms with Crippen LogP contribution in [0.4, 0.5) is 19.0 Å². The van der Waals surface area contributed by atoms with Crippen molar-refractivity contribution in [3.8, 4) is 0 Å². The molecule has 3 nitrogen and oxygen atoms in total. The Bertz CT molecular complexity index is 670. The van der Waals surface area contributed by atoms with Gasteiger partial charge in [-0.2, -0.15) is 13.2 Å². The highest BCUT2D eigenvalue weighted by Gasteiger charge is 2.30. The topological polar surface area (TPSA) is 29.0 Å². The van der Waals surface area contributed by atoms with Gasteiger partial charge in [-0.15, -0.1) is 0 Å². The van der Waals surface area contributed by atoms with E-state index in [4.69, 9.17) is 0 Å². The van der Waals surface area contributed by atoms with E-state index in [1.165, 1.54) is 23.9 Å². The van der Waals surface area contributed by atoms with Gasteiger partial charge in [0.15, 0.2) is 5.82 Å². The summed E-state index contributed by atoms with van der Waals surface area (Å²) in [6.45, 7) is 1.91. The lowest BCUT2D eigenvalue weighted by molar-refractivity contribution is -0.137. The number of nitrogens with zero attached hydrogens (tertiary/aromatic N) is 3. The molecule has 0 N–H and O–H groups in total. The molecule has 1 fully saturated rings. The van der Waals surface area contributed by atoms with Crippen molar-refractivity contribution in [2.24, 2.45) is 0 Å². The second kappa shape index (κ2) is 6.78. The first kappa shape index (κ1) is 16.1. The number of hydrogen-bond donors (Lipinski definition) is 0. The molecular weight excluding hydrogens is 323 g/mol. The Morgan fingerprint density at radius 1 is 1.09 bits per heavy atom. The van der Waals surface area contributed by atoms with Crippen LogP contribution in [0.2, 0.25) is 0 Å². The molecule has 0 atom stereocenters. The van der Waals surface area contributed by atoms with Gasteiger partial charge >= 0.3 is 6.18 Å². The van der Waals surface area contributed by atoms with Crippen molar-refractivity contribution in [2.75, 3.05) is 18.0 Å². The lowest BCUT2D eigenvalue weighted by Crippen LogP contribution is -2.20. The smallest absolute Gasteiger partial charge is 0.354 e. The zero-order chi connectivity index (χ0) is 16.3. The molecule has 0 unspecified atom stereocenters. The molecule has 1 aliphatic rings. The van der Waals surface area contributed by atoms with Gasteiger partial charge in [0.05, 0.1) is 5.56 Å². The quantitative estimate of drug-likeness (QED) is 0.773. The highest BCUT2D eigenvalue weighted by molar-refractivity contribution is 7.98. The third-order valence-electron chi connectivity index (χ3n) is 3.68. The molecular formula is C16H16F3N3S. The summed E-state index contributed by atoms with van der Waals surface area (Å²) in [7, 11) is 0. The molecule has 1 aromatic carbocycles. The van der Waals surface area contributed by atoms with Crippen LogP contribution in [0.3, 0.4) is 0 Å². The van der Waals surface area contributed by atoms with E-state index in [0.717, 1.165) is 42.8 Å². The summed E-state index contributed by atoms with van der Waals surface area (Å²) in [6.07, 6.45) is 1.23. The van der Waals surface area contributed by atoms with E-state index in [1.807, 2.05) is 0 Å². The summed E-state index contributed by atoms with van der Waals surface area (Å²) >= 11 is 1.42. The van der Waals surface area contributed by atoms with Crippen molar-refractivity contribution in [3.63, 3.8) is 0 Å². The molecule has 2 heterocycles. The minimum atomic E-state index is -4.31. The van der Waals surface area contributed by atoms with Gasteiger partial charge in [0.2, 0.25) is 0 Å². The number of alkyl halides is 3. The zero-order valence-corrected chi connectivity index (χ0v) is 13.2. The van der Waals surface area contributed by atoms with Crippen LogP contribution in [0.1, 0.15) is 24.0 Å². The van der Waals surface area contributed by atoms with Crippen LogP contribution >= 0.6 is 11.8 Å². The fourth-order valence-corrected chi connectivity index (χ4v) is 3.48. The zero-order valence-electron chi connectivity index (χ0n) is 12.4. The second-order valence-electron chi connectivity index (χ2n) is 5.37. The third-order valence-corrected chi connectivity index (χ3v) is 4.72. The maximum Gasteiger partial charge on any atom is 0.416 e. The number of benzene rings is 1. The number of anilines is 1. The van der Waals surface area contributed by atoms with Gasteiger partial charge in [-0.25, -0.2) is 9.97 Å². The first-order valence-corrected chi connectivity index (χ1v) is 8.37. The van der Waals surface area contributed by atoms with Crippen LogP contribution in [-0.4, -0.2) is 23.1 Å². The molecule has 0 saturated carbocycles. The van der Waals surface area contributed by atoms with Gasteiger partial charge < -0.3 is 4.90 Å². The van der Waals surface area contributed by atoms with Crippen molar-refractivity contribution in [2.45, 2.75) is 29.8 Å². The van der Waals surface area contributed by atoms with Crippen LogP contribution in [-0.2, 0) is 11.9 Å². The Labute approximate surface area is 136 Å². The maximum atomic E-state index is 12.8. The molecule has 0 spiro atoms. The van der Waals surface area contributed by atoms with Crippen LogP contribution < -0.4 is 4.90 Å². The fourth-order valence-electron chi connectivity index (χ4n) is 2.55. The molecule has 0 bridgehead atoms. The van der Waals surface area contributed by atoms with E-state index in [-0.39, 0.29) is 0 Å². The average Bonchev–Trinajstić information content (AvgIpc) is 3.07. The molecule has 0 amide bonds. The first-order chi connectivity index (χ1) is 11.0. The summed E-state index contributed by atoms with van der Waals surface area (Å²) in [5.74, 6) is 1.27. The fraction of sp³-hybridized carbons (Fsp3) is 0.375. The summed E-state index contributed by atoms with van der Waals surface area (Å²) in [4.78, 5) is 10.9. The molecule has 23 heavy (non-hydrogen) atoms. The van der Waals surface area contributed by atoms with Gasteiger partial charge in [0, 0.05) is 31.2 Å². The normalized spacial score (nSPS) is 15.2. The maximum absolute atomic E-state index is 12.8. The molecule has 1 aliphatic heterocycles. The van der Waals surface area contributed by atoms with Crippen LogP contribution in [0.25, 0.3) is 0 Å². The number of halogens is 3. The summed E-state index contributed by atoms with van der Waals surface area (Å²) in [6, 6.07) is 5.43. The van der Waals surface area contributed by atoms with Crippen molar-refractivity contribution < 1.29 is 13.2 Å². The Morgan fingerprint density at radius 2 is 1.83 bits per heavy atom. The van der Waals surface area contributed by atoms with Gasteiger partial charge in [0.25, 0.3) is 0 Å². The molecule has 1 saturated heterocycles. The summed E-state index contributed by atoms with van der Waals surface area (Å²) in [5, 5.41) is 0.770. The van der Waals surface area contributed by atoms with Crippen molar-refractivity contribution in [3.05, 3.63) is 47.8 Å². The Hall–Kier alpha value is -1.76. The predicted molar refractivity (Wildman–Crippen MR) is 84.5 cm³/mol. The van der Waals surface area contributed by atoms with Crippen LogP contribution in [0, 0.1) is 0 Å². The van der Waals surface area contributed by atoms with Crippen molar-refractivity contribution >= 4 is 17.6 Å². The minimum Gasteiger partial charge on any atom is -0.354 e. The summed E-state index contributed by atoms with van der Waals surface area (Å²) < 4.78 is 38.3. The van der Waals surface area contributed by atoms with Crippen molar-refractivity contribution in [1.82, 2.24) is 9.97 Å². The van der Waals surface area contributed by atoms with Gasteiger partial charge in [-0.3, -0.25) is 0 Å². The lowest BCUT2D eigenvalue weighted by Gasteiger charge is -2.18. The molecule has 0 aliphatic carbocycles. The third kappa shape index (κ3) is 3.96. The number of hydrogen-bond acceptors (Lipinski definition) is 4. The van der Waals surface area contributed by atoms with Gasteiger partial charge in [-0.05, 0) is 24.5 Å². The van der Waals surface area contributed by atoms with Crippen molar-refractivity contribution in [1.29, 1.82) is 0 Å². The molecule has 7 heteroatoms. The van der Waals surface area contributed by atoms with E-state index in [0.29, 0.717) is 11.3 Å². The number of thioether (sulfide) groups is 1. The lowest BCUT2D eigenvalue weighted by atomic mass is 10.1. The Kier molecular flexibility index (Phi) is 4.75. The van der Waals surface area contributed by atoms with Crippen LogP contribution in [0.15, 0.2) is 41.7 Å². The SMILES string of the molecule is FC(F)(F)c1cccc(CSc2nccnc2N2CCCC2)c1. The predicted octanol–water partition coefficient (Wildman–Crippen LogP) is 4.39. The highest BCUT2D eigenvalue weighted by atomic mass is 32.2. The highest BCUT2D eigenvalue weighted by Crippen LogP contribution is 2.33. The molecule has 1 aromatic heterocycles. The molecule has 2 aromatic rings. The minimum absolute atomic E-state index is 0.434. The number of rotatable bonds is 4. The molecule has 0 radical (unpaired) electrons. The first-order valence-electron chi connectivity index (χ1n) is 7.39. The Balaban J connectivity index is 1.74. The van der Waals surface area contributed by atoms with E-state index in [1.54, 1.807) is 18.5 Å². The second-order valence-corrected chi connectivity index (χ2v) is 6.33. The standard InChI is InChI=1S/C16H16F3N3S/c17-16(18,19)13-5-3-4-12(10-13)11-23-15-14(20-6-7-21-15)22-8-1-2-9-22/h3-7,10H,1-2,8-9,11H2. The molecule has 122 valence electrons. The van der Waals surface area contributed by atoms with Gasteiger partial charge in [0.1, 0.15) is 5.03 Å².